The number of nitrogens with zero attached hydrogens (tertiary/aromatic N) is 2. The van der Waals surface area contributed by atoms with Gasteiger partial charge in [0.05, 0.1) is 0 Å². The van der Waals surface area contributed by atoms with Crippen molar-refractivity contribution in [2.75, 3.05) is 5.73 Å². The van der Waals surface area contributed by atoms with Crippen molar-refractivity contribution in [3.05, 3.63) is 122 Å². The van der Waals surface area contributed by atoms with Crippen LogP contribution in [0, 0.1) is 13.8 Å². The third-order valence-corrected chi connectivity index (χ3v) is 5.78. The molecule has 0 aliphatic rings. The summed E-state index contributed by atoms with van der Waals surface area (Å²) in [6.45, 7) is 4.23. The fourth-order valence-corrected chi connectivity index (χ4v) is 3.94. The molecule has 0 aliphatic carbocycles. The number of H-pyrrole nitrogens is 1. The fourth-order valence-electron chi connectivity index (χ4n) is 3.94. The maximum Gasteiger partial charge on any atom is 0.251 e. The fraction of sp³-hybridized carbons (Fsp3) is 0.185. The highest BCUT2D eigenvalue weighted by atomic mass is 16.1. The average Bonchev–Trinajstić information content (AvgIpc) is 2.81. The minimum Gasteiger partial charge on any atom is -0.384 e. The van der Waals surface area contributed by atoms with Gasteiger partial charge >= 0.3 is 0 Å². The first-order chi connectivity index (χ1) is 16.4. The predicted molar refractivity (Wildman–Crippen MR) is 133 cm³/mol. The van der Waals surface area contributed by atoms with E-state index in [1.165, 1.54) is 0 Å². The van der Waals surface area contributed by atoms with Crippen molar-refractivity contribution in [3.63, 3.8) is 0 Å². The monoisotopic (exact) mass is 453 g/mol. The highest BCUT2D eigenvalue weighted by Gasteiger charge is 2.11. The van der Waals surface area contributed by atoms with Crippen LogP contribution in [-0.4, -0.2) is 20.9 Å². The van der Waals surface area contributed by atoms with Gasteiger partial charge in [-0.15, -0.1) is 0 Å². The molecular weight excluding hydrogens is 426 g/mol. The van der Waals surface area contributed by atoms with Crippen molar-refractivity contribution in [3.8, 4) is 0 Å². The number of aryl methyl sites for hydroxylation is 2. The number of pyridine rings is 3. The second-order valence-corrected chi connectivity index (χ2v) is 8.34. The van der Waals surface area contributed by atoms with Gasteiger partial charge in [0.2, 0.25) is 0 Å². The number of amides is 1. The lowest BCUT2D eigenvalue weighted by molar-refractivity contribution is 0.0950. The Balaban J connectivity index is 1.40. The molecule has 0 fully saturated rings. The molecule has 0 unspecified atom stereocenters. The number of nitrogens with one attached hydrogen (secondary N) is 2. The van der Waals surface area contributed by atoms with Crippen molar-refractivity contribution in [2.24, 2.45) is 0 Å². The second kappa shape index (κ2) is 10.1. The van der Waals surface area contributed by atoms with Crippen LogP contribution in [0.1, 0.15) is 49.6 Å². The number of aromatic amines is 1. The number of benzene rings is 1. The zero-order chi connectivity index (χ0) is 24.1. The summed E-state index contributed by atoms with van der Waals surface area (Å²) in [5.74, 6) is 0.313. The Hall–Kier alpha value is -4.26. The van der Waals surface area contributed by atoms with Gasteiger partial charge in [-0.2, -0.15) is 0 Å². The largest absolute Gasteiger partial charge is 0.384 e. The van der Waals surface area contributed by atoms with Crippen LogP contribution in [0.5, 0.6) is 0 Å². The first-order valence-electron chi connectivity index (χ1n) is 11.1. The predicted octanol–water partition coefficient (Wildman–Crippen LogP) is 3.48. The lowest BCUT2D eigenvalue weighted by Gasteiger charge is -2.12. The molecular formula is C27H27N5O2. The summed E-state index contributed by atoms with van der Waals surface area (Å²) in [5, 5.41) is 2.97. The van der Waals surface area contributed by atoms with Crippen molar-refractivity contribution in [1.29, 1.82) is 0 Å². The summed E-state index contributed by atoms with van der Waals surface area (Å²) in [7, 11) is 0. The van der Waals surface area contributed by atoms with E-state index in [9.17, 15) is 9.59 Å². The average molecular weight is 454 g/mol. The van der Waals surface area contributed by atoms with Crippen molar-refractivity contribution in [2.45, 2.75) is 33.2 Å². The van der Waals surface area contributed by atoms with Gasteiger partial charge in [0, 0.05) is 54.3 Å². The molecule has 0 radical (unpaired) electrons. The van der Waals surface area contributed by atoms with Crippen LogP contribution >= 0.6 is 0 Å². The summed E-state index contributed by atoms with van der Waals surface area (Å²) in [4.78, 5) is 36.0. The number of nitrogens with two attached hydrogens (primary N) is 1. The number of nitrogen functional groups attached to an aromatic ring is 1. The lowest BCUT2D eigenvalue weighted by Crippen LogP contribution is -2.24. The number of carbonyl (C=O) groups is 1. The van der Waals surface area contributed by atoms with Crippen molar-refractivity contribution < 1.29 is 4.79 Å². The van der Waals surface area contributed by atoms with E-state index >= 15 is 0 Å². The highest BCUT2D eigenvalue weighted by molar-refractivity contribution is 5.94. The van der Waals surface area contributed by atoms with E-state index < -0.39 is 0 Å². The SMILES string of the molecule is Cc1cc(N)nc(C)c1CNC(=O)c1ccnc(Cc2ccc(Cc3ccc[nH]c3=O)cc2)c1. The van der Waals surface area contributed by atoms with Crippen LogP contribution in [0.25, 0.3) is 0 Å². The molecule has 0 saturated carbocycles. The summed E-state index contributed by atoms with van der Waals surface area (Å²) in [6.07, 6.45) is 4.47. The van der Waals surface area contributed by atoms with E-state index in [-0.39, 0.29) is 11.5 Å². The van der Waals surface area contributed by atoms with Crippen LogP contribution in [0.2, 0.25) is 0 Å². The van der Waals surface area contributed by atoms with E-state index in [0.717, 1.165) is 39.2 Å². The summed E-state index contributed by atoms with van der Waals surface area (Å²) < 4.78 is 0. The van der Waals surface area contributed by atoms with Crippen LogP contribution in [0.3, 0.4) is 0 Å². The van der Waals surface area contributed by atoms with Crippen LogP contribution in [0.4, 0.5) is 5.82 Å². The maximum atomic E-state index is 12.7. The molecule has 1 aromatic carbocycles. The van der Waals surface area contributed by atoms with Crippen molar-refractivity contribution >= 4 is 11.7 Å². The Morgan fingerprint density at radius 1 is 1.03 bits per heavy atom. The van der Waals surface area contributed by atoms with Crippen molar-refractivity contribution in [1.82, 2.24) is 20.3 Å². The third kappa shape index (κ3) is 5.56. The van der Waals surface area contributed by atoms with E-state index in [4.69, 9.17) is 5.73 Å². The van der Waals surface area contributed by atoms with Gasteiger partial charge in [0.1, 0.15) is 5.82 Å². The van der Waals surface area contributed by atoms with Gasteiger partial charge in [-0.25, -0.2) is 4.98 Å². The number of anilines is 1. The smallest absolute Gasteiger partial charge is 0.251 e. The molecule has 4 aromatic rings. The quantitative estimate of drug-likeness (QED) is 0.396. The number of hydrogen-bond acceptors (Lipinski definition) is 5. The van der Waals surface area contributed by atoms with E-state index in [0.29, 0.717) is 30.8 Å². The van der Waals surface area contributed by atoms with Crippen LogP contribution in [0.15, 0.2) is 71.8 Å². The molecule has 0 bridgehead atoms. The van der Waals surface area contributed by atoms with Gasteiger partial charge in [0.25, 0.3) is 11.5 Å². The molecule has 3 aromatic heterocycles. The standard InChI is InChI=1S/C27H27N5O2/c1-17-12-25(28)32-18(2)24(17)16-31-27(34)22-9-11-29-23(15-22)14-20-7-5-19(6-8-20)13-21-4-3-10-30-26(21)33/h3-12,15H,13-14,16H2,1-2H3,(H2,28,32)(H,30,33)(H,31,34). The van der Waals surface area contributed by atoms with Crippen LogP contribution < -0.4 is 16.6 Å². The Morgan fingerprint density at radius 2 is 1.76 bits per heavy atom. The minimum atomic E-state index is -0.164. The molecule has 4 rings (SSSR count). The summed E-state index contributed by atoms with van der Waals surface area (Å²) in [6, 6.07) is 17.1. The molecule has 0 atom stereocenters. The van der Waals surface area contributed by atoms with Crippen LogP contribution in [-0.2, 0) is 19.4 Å². The van der Waals surface area contributed by atoms with Gasteiger partial charge in [-0.05, 0) is 60.4 Å². The number of aromatic nitrogens is 3. The van der Waals surface area contributed by atoms with E-state index in [1.54, 1.807) is 18.5 Å². The second-order valence-electron chi connectivity index (χ2n) is 8.34. The van der Waals surface area contributed by atoms with Gasteiger partial charge < -0.3 is 16.0 Å². The molecule has 3 heterocycles. The molecule has 0 spiro atoms. The molecule has 0 aliphatic heterocycles. The molecule has 7 nitrogen and oxygen atoms in total. The Kier molecular flexibility index (Phi) is 6.82. The first-order valence-corrected chi connectivity index (χ1v) is 11.1. The first kappa shape index (κ1) is 22.9. The molecule has 172 valence electrons. The number of carbonyl (C=O) groups excluding carboxylic acids is 1. The lowest BCUT2D eigenvalue weighted by atomic mass is 10.0. The molecule has 0 saturated heterocycles. The maximum absolute atomic E-state index is 12.7. The normalized spacial score (nSPS) is 10.8. The third-order valence-electron chi connectivity index (χ3n) is 5.78. The van der Waals surface area contributed by atoms with Gasteiger partial charge in [-0.1, -0.05) is 30.3 Å². The Morgan fingerprint density at radius 3 is 2.47 bits per heavy atom. The Bertz CT molecular complexity index is 1350. The zero-order valence-electron chi connectivity index (χ0n) is 19.3. The molecule has 7 heteroatoms. The number of rotatable bonds is 7. The molecule has 34 heavy (non-hydrogen) atoms. The molecule has 1 amide bonds. The zero-order valence-corrected chi connectivity index (χ0v) is 19.3. The van der Waals surface area contributed by atoms with Gasteiger partial charge in [0.15, 0.2) is 0 Å². The summed E-state index contributed by atoms with van der Waals surface area (Å²) >= 11 is 0. The number of hydrogen-bond donors (Lipinski definition) is 3. The highest BCUT2D eigenvalue weighted by Crippen LogP contribution is 2.16. The van der Waals surface area contributed by atoms with Gasteiger partial charge in [-0.3, -0.25) is 14.6 Å². The molecule has 4 N–H and O–H groups in total. The minimum absolute atomic E-state index is 0.0659. The topological polar surface area (TPSA) is 114 Å². The Labute approximate surface area is 198 Å². The summed E-state index contributed by atoms with van der Waals surface area (Å²) in [5.41, 5.74) is 12.7. The van der Waals surface area contributed by atoms with E-state index in [1.807, 2.05) is 62.4 Å². The van der Waals surface area contributed by atoms with E-state index in [2.05, 4.69) is 20.3 Å².